The number of hydrogen-bond donors (Lipinski definition) is 2. The Balaban J connectivity index is 2.57. The minimum atomic E-state index is -0.571. The molecule has 1 rings (SSSR count). The predicted octanol–water partition coefficient (Wildman–Crippen LogP) is 2.50. The first-order valence-electron chi connectivity index (χ1n) is 4.22. The highest BCUT2D eigenvalue weighted by Crippen LogP contribution is 2.24. The summed E-state index contributed by atoms with van der Waals surface area (Å²) in [6.07, 6.45) is -0.571. The first kappa shape index (κ1) is 12.1. The van der Waals surface area contributed by atoms with Crippen LogP contribution >= 0.6 is 23.2 Å². The number of carbonyl (C=O) groups is 1. The topological polar surface area (TPSA) is 64.3 Å². The second-order valence-electron chi connectivity index (χ2n) is 2.68. The number of rotatable bonds is 3. The highest BCUT2D eigenvalue weighted by atomic mass is 35.5. The molecule has 0 bridgehead atoms. The molecule has 15 heavy (non-hydrogen) atoms. The molecule has 4 nitrogen and oxygen atoms in total. The lowest BCUT2D eigenvalue weighted by molar-refractivity contribution is 0.165. The Kier molecular flexibility index (Phi) is 4.68. The van der Waals surface area contributed by atoms with E-state index in [4.69, 9.17) is 33.7 Å². The van der Waals surface area contributed by atoms with Gasteiger partial charge in [-0.1, -0.05) is 23.2 Å². The first-order chi connectivity index (χ1) is 7.13. The molecule has 0 aliphatic rings. The van der Waals surface area contributed by atoms with Gasteiger partial charge in [0, 0.05) is 12.2 Å². The van der Waals surface area contributed by atoms with Gasteiger partial charge in [0.1, 0.15) is 6.61 Å². The molecule has 0 aromatic heterocycles. The van der Waals surface area contributed by atoms with E-state index in [1.54, 1.807) is 12.1 Å². The van der Waals surface area contributed by atoms with Crippen molar-refractivity contribution in [2.45, 2.75) is 0 Å². The Morgan fingerprint density at radius 3 is 2.73 bits per heavy atom. The third kappa shape index (κ3) is 3.95. The number of anilines is 1. The molecule has 0 spiro atoms. The third-order valence-electron chi connectivity index (χ3n) is 1.52. The Bertz CT molecular complexity index is 358. The molecule has 0 saturated heterocycles. The summed E-state index contributed by atoms with van der Waals surface area (Å²) in [6, 6.07) is 4.74. The molecule has 0 aliphatic carbocycles. The lowest BCUT2D eigenvalue weighted by Crippen LogP contribution is -2.18. The van der Waals surface area contributed by atoms with Gasteiger partial charge in [0.2, 0.25) is 0 Å². The van der Waals surface area contributed by atoms with Gasteiger partial charge in [-0.25, -0.2) is 4.79 Å². The summed E-state index contributed by atoms with van der Waals surface area (Å²) in [4.78, 5) is 11.1. The molecule has 0 radical (unpaired) electrons. The fourth-order valence-electron chi connectivity index (χ4n) is 0.879. The number of benzene rings is 1. The molecule has 1 aromatic rings. The van der Waals surface area contributed by atoms with E-state index >= 15 is 0 Å². The minimum absolute atomic E-state index is 0.174. The Morgan fingerprint density at radius 1 is 1.40 bits per heavy atom. The Hall–Kier alpha value is -0.970. The van der Waals surface area contributed by atoms with Crippen LogP contribution in [0.3, 0.4) is 0 Å². The normalized spacial score (nSPS) is 9.80. The van der Waals surface area contributed by atoms with Gasteiger partial charge in [0.25, 0.3) is 0 Å². The fraction of sp³-hybridized carbons (Fsp3) is 0.222. The van der Waals surface area contributed by atoms with Crippen LogP contribution in [0.25, 0.3) is 0 Å². The molecular weight excluding hydrogens is 239 g/mol. The lowest BCUT2D eigenvalue weighted by Gasteiger charge is -2.06. The molecule has 0 saturated carbocycles. The molecule has 0 fully saturated rings. The van der Waals surface area contributed by atoms with Crippen LogP contribution in [0.15, 0.2) is 18.2 Å². The van der Waals surface area contributed by atoms with Crippen LogP contribution in [0.2, 0.25) is 10.0 Å². The van der Waals surface area contributed by atoms with Gasteiger partial charge in [-0.05, 0) is 18.2 Å². The van der Waals surface area contributed by atoms with Gasteiger partial charge < -0.3 is 10.5 Å². The second-order valence-corrected chi connectivity index (χ2v) is 3.49. The highest BCUT2D eigenvalue weighted by molar-refractivity contribution is 6.42. The second kappa shape index (κ2) is 5.80. The zero-order valence-corrected chi connectivity index (χ0v) is 9.31. The van der Waals surface area contributed by atoms with E-state index in [1.807, 2.05) is 0 Å². The third-order valence-corrected chi connectivity index (χ3v) is 2.26. The molecule has 1 aromatic carbocycles. The smallest absolute Gasteiger partial charge is 0.411 e. The number of amides is 1. The summed E-state index contributed by atoms with van der Waals surface area (Å²) < 4.78 is 4.71. The predicted molar refractivity (Wildman–Crippen MR) is 60.5 cm³/mol. The van der Waals surface area contributed by atoms with Crippen molar-refractivity contribution in [3.8, 4) is 0 Å². The van der Waals surface area contributed by atoms with Gasteiger partial charge in [-0.3, -0.25) is 5.32 Å². The van der Waals surface area contributed by atoms with Crippen molar-refractivity contribution < 1.29 is 9.53 Å². The van der Waals surface area contributed by atoms with Gasteiger partial charge in [-0.15, -0.1) is 0 Å². The number of halogens is 2. The lowest BCUT2D eigenvalue weighted by atomic mass is 10.3. The maximum absolute atomic E-state index is 11.1. The van der Waals surface area contributed by atoms with Crippen LogP contribution in [0, 0.1) is 0 Å². The molecular formula is C9H10Cl2N2O2. The zero-order valence-electron chi connectivity index (χ0n) is 7.80. The summed E-state index contributed by atoms with van der Waals surface area (Å²) in [5.74, 6) is 0. The summed E-state index contributed by atoms with van der Waals surface area (Å²) in [5, 5.41) is 3.28. The molecule has 0 heterocycles. The number of ether oxygens (including phenoxy) is 1. The summed E-state index contributed by atoms with van der Waals surface area (Å²) in [6.45, 7) is 0.460. The standard InChI is InChI=1S/C9H10Cl2N2O2/c10-7-2-1-6(5-8(7)11)13-9(14)15-4-3-12/h1-2,5H,3-4,12H2,(H,13,14). The van der Waals surface area contributed by atoms with Crippen LogP contribution in [-0.4, -0.2) is 19.2 Å². The number of hydrogen-bond acceptors (Lipinski definition) is 3. The van der Waals surface area contributed by atoms with Gasteiger partial charge in [-0.2, -0.15) is 0 Å². The average molecular weight is 249 g/mol. The SMILES string of the molecule is NCCOC(=O)Nc1ccc(Cl)c(Cl)c1. The van der Waals surface area contributed by atoms with Crippen molar-refractivity contribution in [2.24, 2.45) is 5.73 Å². The van der Waals surface area contributed by atoms with Crippen LogP contribution < -0.4 is 11.1 Å². The van der Waals surface area contributed by atoms with Crippen LogP contribution in [0.4, 0.5) is 10.5 Å². The van der Waals surface area contributed by atoms with E-state index in [0.29, 0.717) is 15.7 Å². The van der Waals surface area contributed by atoms with E-state index in [9.17, 15) is 4.79 Å². The van der Waals surface area contributed by atoms with Crippen molar-refractivity contribution in [2.75, 3.05) is 18.5 Å². The van der Waals surface area contributed by atoms with Crippen molar-refractivity contribution in [3.63, 3.8) is 0 Å². The Morgan fingerprint density at radius 2 is 2.13 bits per heavy atom. The number of nitrogens with two attached hydrogens (primary N) is 1. The fourth-order valence-corrected chi connectivity index (χ4v) is 1.18. The van der Waals surface area contributed by atoms with Crippen LogP contribution in [0.1, 0.15) is 0 Å². The van der Waals surface area contributed by atoms with E-state index in [0.717, 1.165) is 0 Å². The van der Waals surface area contributed by atoms with Gasteiger partial charge >= 0.3 is 6.09 Å². The first-order valence-corrected chi connectivity index (χ1v) is 4.98. The maximum Gasteiger partial charge on any atom is 0.411 e. The molecule has 82 valence electrons. The number of carbonyl (C=O) groups excluding carboxylic acids is 1. The van der Waals surface area contributed by atoms with Crippen LogP contribution in [-0.2, 0) is 4.74 Å². The monoisotopic (exact) mass is 248 g/mol. The molecule has 0 aliphatic heterocycles. The summed E-state index contributed by atoms with van der Waals surface area (Å²) >= 11 is 11.5. The maximum atomic E-state index is 11.1. The van der Waals surface area contributed by atoms with Crippen molar-refractivity contribution in [1.29, 1.82) is 0 Å². The van der Waals surface area contributed by atoms with E-state index < -0.39 is 6.09 Å². The quantitative estimate of drug-likeness (QED) is 0.864. The summed E-state index contributed by atoms with van der Waals surface area (Å²) in [7, 11) is 0. The van der Waals surface area contributed by atoms with Crippen molar-refractivity contribution in [1.82, 2.24) is 0 Å². The van der Waals surface area contributed by atoms with Gasteiger partial charge in [0.05, 0.1) is 10.0 Å². The zero-order chi connectivity index (χ0) is 11.3. The molecule has 6 heteroatoms. The van der Waals surface area contributed by atoms with E-state index in [2.05, 4.69) is 5.32 Å². The molecule has 3 N–H and O–H groups in total. The summed E-state index contributed by atoms with van der Waals surface area (Å²) in [5.41, 5.74) is 5.69. The van der Waals surface area contributed by atoms with E-state index in [-0.39, 0.29) is 13.2 Å². The van der Waals surface area contributed by atoms with Crippen molar-refractivity contribution in [3.05, 3.63) is 28.2 Å². The van der Waals surface area contributed by atoms with E-state index in [1.165, 1.54) is 6.07 Å². The van der Waals surface area contributed by atoms with Gasteiger partial charge in [0.15, 0.2) is 0 Å². The largest absolute Gasteiger partial charge is 0.448 e. The van der Waals surface area contributed by atoms with Crippen LogP contribution in [0.5, 0.6) is 0 Å². The Labute approximate surface area is 97.3 Å². The molecule has 0 atom stereocenters. The molecule has 0 unspecified atom stereocenters. The minimum Gasteiger partial charge on any atom is -0.448 e. The highest BCUT2D eigenvalue weighted by Gasteiger charge is 2.04. The van der Waals surface area contributed by atoms with Crippen molar-refractivity contribution >= 4 is 35.0 Å². The number of nitrogens with one attached hydrogen (secondary N) is 1. The molecule has 1 amide bonds. The average Bonchev–Trinajstić information content (AvgIpc) is 2.20.